The van der Waals surface area contributed by atoms with Crippen LogP contribution in [0.5, 0.6) is 0 Å². The van der Waals surface area contributed by atoms with Gasteiger partial charge in [-0.3, -0.25) is 9.69 Å². The number of fused-ring (bicyclic) bond motifs is 1. The molecule has 7 nitrogen and oxygen atoms in total. The van der Waals surface area contributed by atoms with E-state index < -0.39 is 6.10 Å². The molecular formula is C28H36ClN3O4. The van der Waals surface area contributed by atoms with Crippen molar-refractivity contribution in [2.45, 2.75) is 57.1 Å². The van der Waals surface area contributed by atoms with E-state index in [9.17, 15) is 9.90 Å². The molecule has 1 aromatic carbocycles. The lowest BCUT2D eigenvalue weighted by Crippen LogP contribution is -2.56. The molecular weight excluding hydrogens is 478 g/mol. The van der Waals surface area contributed by atoms with Gasteiger partial charge >= 0.3 is 0 Å². The number of nitrogens with one attached hydrogen (secondary N) is 1. The first-order valence-electron chi connectivity index (χ1n) is 13.3. The van der Waals surface area contributed by atoms with Gasteiger partial charge in [-0.1, -0.05) is 18.5 Å². The van der Waals surface area contributed by atoms with Gasteiger partial charge in [-0.05, 0) is 92.1 Å². The second kappa shape index (κ2) is 9.21. The fourth-order valence-corrected chi connectivity index (χ4v) is 7.46. The number of anilines is 1. The highest BCUT2D eigenvalue weighted by atomic mass is 35.5. The van der Waals surface area contributed by atoms with Crippen molar-refractivity contribution >= 4 is 34.1 Å². The smallest absolute Gasteiger partial charge is 0.229 e. The summed E-state index contributed by atoms with van der Waals surface area (Å²) in [4.78, 5) is 20.0. The van der Waals surface area contributed by atoms with Gasteiger partial charge in [0.1, 0.15) is 5.82 Å². The van der Waals surface area contributed by atoms with Crippen LogP contribution in [-0.4, -0.2) is 72.1 Å². The summed E-state index contributed by atoms with van der Waals surface area (Å²) in [7, 11) is 0. The third-order valence-electron chi connectivity index (χ3n) is 9.76. The quantitative estimate of drug-likeness (QED) is 0.637. The Labute approximate surface area is 217 Å². The Bertz CT molecular complexity index is 1160. The van der Waals surface area contributed by atoms with Gasteiger partial charge < -0.3 is 19.9 Å². The van der Waals surface area contributed by atoms with Crippen molar-refractivity contribution in [3.63, 3.8) is 0 Å². The first kappa shape index (κ1) is 24.6. The maximum absolute atomic E-state index is 13.1. The van der Waals surface area contributed by atoms with Crippen LogP contribution in [0.2, 0.25) is 5.02 Å². The van der Waals surface area contributed by atoms with E-state index in [4.69, 9.17) is 21.1 Å². The first-order chi connectivity index (χ1) is 17.3. The Kier molecular flexibility index (Phi) is 6.28. The van der Waals surface area contributed by atoms with Gasteiger partial charge in [-0.2, -0.15) is 0 Å². The van der Waals surface area contributed by atoms with E-state index in [-0.39, 0.29) is 22.8 Å². The number of benzene rings is 1. The maximum atomic E-state index is 13.1. The van der Waals surface area contributed by atoms with Crippen LogP contribution < -0.4 is 5.32 Å². The number of hydrogen-bond donors (Lipinski definition) is 2. The number of aliphatic hydroxyl groups is 1. The van der Waals surface area contributed by atoms with Gasteiger partial charge in [0, 0.05) is 35.7 Å². The molecule has 0 bridgehead atoms. The van der Waals surface area contributed by atoms with E-state index in [1.807, 2.05) is 12.1 Å². The summed E-state index contributed by atoms with van der Waals surface area (Å²) in [6.07, 6.45) is 5.24. The second-order valence-electron chi connectivity index (χ2n) is 11.5. The predicted molar refractivity (Wildman–Crippen MR) is 139 cm³/mol. The third kappa shape index (κ3) is 4.04. The number of amides is 1. The molecule has 3 saturated heterocycles. The average molecular weight is 514 g/mol. The van der Waals surface area contributed by atoms with Crippen molar-refractivity contribution in [2.75, 3.05) is 44.8 Å². The van der Waals surface area contributed by atoms with E-state index in [1.54, 1.807) is 6.20 Å². The molecule has 1 aliphatic carbocycles. The van der Waals surface area contributed by atoms with Crippen LogP contribution in [0.25, 0.3) is 10.8 Å². The van der Waals surface area contributed by atoms with E-state index >= 15 is 0 Å². The maximum Gasteiger partial charge on any atom is 0.229 e. The molecule has 1 amide bonds. The molecule has 0 unspecified atom stereocenters. The van der Waals surface area contributed by atoms with E-state index in [0.717, 1.165) is 73.3 Å². The number of aromatic nitrogens is 1. The number of carbonyl (C=O) groups is 1. The normalized spacial score (nSPS) is 32.7. The Morgan fingerprint density at radius 3 is 2.61 bits per heavy atom. The number of nitrogens with zero attached hydrogens (tertiary/aromatic N) is 2. The van der Waals surface area contributed by atoms with Gasteiger partial charge in [0.2, 0.25) is 5.91 Å². The van der Waals surface area contributed by atoms with Crippen LogP contribution >= 0.6 is 11.6 Å². The number of hydrogen-bond acceptors (Lipinski definition) is 6. The Morgan fingerprint density at radius 1 is 1.17 bits per heavy atom. The number of rotatable bonds is 4. The van der Waals surface area contributed by atoms with E-state index in [0.29, 0.717) is 30.9 Å². The summed E-state index contributed by atoms with van der Waals surface area (Å²) >= 11 is 6.74. The molecule has 2 aromatic rings. The number of ether oxygens (including phenoxy) is 2. The molecule has 1 saturated carbocycles. The number of carbonyl (C=O) groups excluding carboxylic acids is 1. The number of piperidine rings is 1. The van der Waals surface area contributed by atoms with Gasteiger partial charge in [0.05, 0.1) is 24.9 Å². The first-order valence-corrected chi connectivity index (χ1v) is 13.7. The van der Waals surface area contributed by atoms with Gasteiger partial charge in [0.25, 0.3) is 0 Å². The fourth-order valence-electron chi connectivity index (χ4n) is 7.13. The molecule has 4 atom stereocenters. The largest absolute Gasteiger partial charge is 0.389 e. The minimum Gasteiger partial charge on any atom is -0.389 e. The highest BCUT2D eigenvalue weighted by molar-refractivity contribution is 6.32. The third-order valence-corrected chi connectivity index (χ3v) is 10.1. The molecule has 8 heteroatoms. The topological polar surface area (TPSA) is 83.9 Å². The second-order valence-corrected chi connectivity index (χ2v) is 11.9. The summed E-state index contributed by atoms with van der Waals surface area (Å²) in [5.41, 5.74) is 0.948. The lowest BCUT2D eigenvalue weighted by atomic mass is 9.85. The predicted octanol–water partition coefficient (Wildman–Crippen LogP) is 4.22. The van der Waals surface area contributed by atoms with Crippen LogP contribution in [0.4, 0.5) is 5.82 Å². The standard InChI is InChI=1S/C28H36ClN3O4/c1-17-25(28(17)5-9-35-10-6-28)26(34)31-24-13-19-11-21(22(29)12-20(19)14-30-24)18-3-7-32(8-4-18)27(2)16-36-15-23(27)33/h11-14,17-18,23,25,33H,3-10,15-16H2,1-2H3,(H,30,31,34)/t17-,23-,25+,27+/m1/s1. The van der Waals surface area contributed by atoms with Crippen molar-refractivity contribution in [3.05, 3.63) is 35.0 Å². The zero-order valence-corrected chi connectivity index (χ0v) is 21.9. The molecule has 194 valence electrons. The average Bonchev–Trinajstić information content (AvgIpc) is 3.26. The van der Waals surface area contributed by atoms with Crippen molar-refractivity contribution in [1.82, 2.24) is 9.88 Å². The minimum atomic E-state index is -0.445. The molecule has 1 spiro atoms. The number of pyridine rings is 1. The molecule has 4 fully saturated rings. The highest BCUT2D eigenvalue weighted by Gasteiger charge is 2.65. The number of likely N-dealkylation sites (tertiary alicyclic amines) is 1. The van der Waals surface area contributed by atoms with Crippen LogP contribution in [0.1, 0.15) is 51.0 Å². The molecule has 1 aromatic heterocycles. The number of halogens is 1. The lowest BCUT2D eigenvalue weighted by molar-refractivity contribution is -0.118. The summed E-state index contributed by atoms with van der Waals surface area (Å²) in [6.45, 7) is 8.57. The molecule has 36 heavy (non-hydrogen) atoms. The van der Waals surface area contributed by atoms with Gasteiger partial charge in [-0.25, -0.2) is 4.98 Å². The molecule has 4 heterocycles. The van der Waals surface area contributed by atoms with Crippen molar-refractivity contribution < 1.29 is 19.4 Å². The molecule has 2 N–H and O–H groups in total. The minimum absolute atomic E-state index is 0.0375. The fraction of sp³-hybridized carbons (Fsp3) is 0.643. The van der Waals surface area contributed by atoms with E-state index in [1.165, 1.54) is 0 Å². The summed E-state index contributed by atoms with van der Waals surface area (Å²) in [6, 6.07) is 6.14. The van der Waals surface area contributed by atoms with Crippen LogP contribution in [-0.2, 0) is 14.3 Å². The SMILES string of the molecule is C[C@@H]1[C@@H](C(=O)Nc2cc3cc(C4CCN([C@@]5(C)COC[C@H]5O)CC4)c(Cl)cc3cn2)C12CCOCC2. The summed E-state index contributed by atoms with van der Waals surface area (Å²) in [5.74, 6) is 1.45. The number of aliphatic hydroxyl groups excluding tert-OH is 1. The van der Waals surface area contributed by atoms with E-state index in [2.05, 4.69) is 35.1 Å². The summed E-state index contributed by atoms with van der Waals surface area (Å²) in [5, 5.41) is 16.3. The zero-order chi connectivity index (χ0) is 25.1. The molecule has 6 rings (SSSR count). The van der Waals surface area contributed by atoms with Crippen molar-refractivity contribution in [2.24, 2.45) is 17.3 Å². The van der Waals surface area contributed by atoms with Crippen molar-refractivity contribution in [3.8, 4) is 0 Å². The van der Waals surface area contributed by atoms with Gasteiger partial charge in [-0.15, -0.1) is 0 Å². The molecule has 4 aliphatic rings. The molecule has 0 radical (unpaired) electrons. The van der Waals surface area contributed by atoms with Crippen molar-refractivity contribution in [1.29, 1.82) is 0 Å². The lowest BCUT2D eigenvalue weighted by Gasteiger charge is -2.43. The Morgan fingerprint density at radius 2 is 1.92 bits per heavy atom. The Hall–Kier alpha value is -1.77. The zero-order valence-electron chi connectivity index (χ0n) is 21.1. The monoisotopic (exact) mass is 513 g/mol. The summed E-state index contributed by atoms with van der Waals surface area (Å²) < 4.78 is 11.1. The van der Waals surface area contributed by atoms with Crippen LogP contribution in [0.3, 0.4) is 0 Å². The highest BCUT2D eigenvalue weighted by Crippen LogP contribution is 2.64. The molecule has 3 aliphatic heterocycles. The van der Waals surface area contributed by atoms with Gasteiger partial charge in [0.15, 0.2) is 0 Å². The van der Waals surface area contributed by atoms with Crippen LogP contribution in [0.15, 0.2) is 24.4 Å². The Balaban J connectivity index is 1.16. The van der Waals surface area contributed by atoms with Crippen LogP contribution in [0, 0.1) is 17.3 Å².